The van der Waals surface area contributed by atoms with Crippen LogP contribution in [-0.4, -0.2) is 60.5 Å². The lowest BCUT2D eigenvalue weighted by Gasteiger charge is -2.33. The van der Waals surface area contributed by atoms with E-state index in [4.69, 9.17) is 9.26 Å². The lowest BCUT2D eigenvalue weighted by Crippen LogP contribution is -2.48. The molecule has 0 N–H and O–H groups in total. The van der Waals surface area contributed by atoms with E-state index < -0.39 is 10.0 Å². The van der Waals surface area contributed by atoms with Crippen LogP contribution in [-0.2, 0) is 21.3 Å². The molecule has 0 aliphatic carbocycles. The van der Waals surface area contributed by atoms with Crippen LogP contribution in [0.2, 0.25) is 0 Å². The molecule has 3 heterocycles. The summed E-state index contributed by atoms with van der Waals surface area (Å²) in [5, 5.41) is 4.04. The molecule has 9 heteroatoms. The van der Waals surface area contributed by atoms with E-state index in [-0.39, 0.29) is 6.10 Å². The molecule has 2 aromatic rings. The fourth-order valence-corrected chi connectivity index (χ4v) is 4.84. The number of ether oxygens (including phenoxy) is 1. The molecule has 1 aromatic heterocycles. The minimum Gasteiger partial charge on any atom is -0.368 e. The van der Waals surface area contributed by atoms with Gasteiger partial charge in [0.1, 0.15) is 6.10 Å². The molecule has 2 saturated heterocycles. The van der Waals surface area contributed by atoms with Crippen molar-refractivity contribution in [1.29, 1.82) is 0 Å². The van der Waals surface area contributed by atoms with E-state index in [1.54, 1.807) is 16.4 Å². The van der Waals surface area contributed by atoms with E-state index in [9.17, 15) is 8.42 Å². The summed E-state index contributed by atoms with van der Waals surface area (Å²) in [5.74, 6) is 1.17. The molecule has 0 spiro atoms. The van der Waals surface area contributed by atoms with E-state index in [0.29, 0.717) is 49.3 Å². The molecule has 1 unspecified atom stereocenters. The molecule has 27 heavy (non-hydrogen) atoms. The predicted molar refractivity (Wildman–Crippen MR) is 97.4 cm³/mol. The Morgan fingerprint density at radius 2 is 1.89 bits per heavy atom. The van der Waals surface area contributed by atoms with Gasteiger partial charge in [-0.25, -0.2) is 8.42 Å². The molecule has 0 amide bonds. The van der Waals surface area contributed by atoms with E-state index in [1.807, 2.05) is 19.1 Å². The predicted octanol–water partition coefficient (Wildman–Crippen LogP) is 1.74. The van der Waals surface area contributed by atoms with Gasteiger partial charge in [0.15, 0.2) is 5.82 Å². The van der Waals surface area contributed by atoms with Crippen molar-refractivity contribution >= 4 is 10.0 Å². The van der Waals surface area contributed by atoms with Crippen LogP contribution in [0.5, 0.6) is 0 Å². The molecule has 1 atom stereocenters. The normalized spacial score (nSPS) is 22.3. The van der Waals surface area contributed by atoms with Crippen LogP contribution < -0.4 is 0 Å². The zero-order valence-electron chi connectivity index (χ0n) is 15.4. The van der Waals surface area contributed by atoms with E-state index in [0.717, 1.165) is 25.0 Å². The monoisotopic (exact) mass is 392 g/mol. The molecule has 8 nitrogen and oxygen atoms in total. The molecular weight excluding hydrogens is 368 g/mol. The maximum absolute atomic E-state index is 12.8. The van der Waals surface area contributed by atoms with Crippen LogP contribution in [0, 0.1) is 6.92 Å². The highest BCUT2D eigenvalue weighted by molar-refractivity contribution is 7.89. The Labute approximate surface area is 159 Å². The number of piperazine rings is 1. The minimum absolute atomic E-state index is 0.0808. The number of hydrogen-bond acceptors (Lipinski definition) is 7. The van der Waals surface area contributed by atoms with Gasteiger partial charge in [-0.05, 0) is 31.9 Å². The topological polar surface area (TPSA) is 88.8 Å². The number of aromatic nitrogens is 2. The van der Waals surface area contributed by atoms with Crippen molar-refractivity contribution in [2.24, 2.45) is 0 Å². The SMILES string of the molecule is Cc1ccc(S(=O)(=O)N2CCN(Cc3noc(C4CCCO4)n3)CC2)cc1. The number of hydrogen-bond donors (Lipinski definition) is 0. The summed E-state index contributed by atoms with van der Waals surface area (Å²) in [6.07, 6.45) is 1.85. The Morgan fingerprint density at radius 3 is 2.56 bits per heavy atom. The molecule has 0 saturated carbocycles. The Balaban J connectivity index is 1.34. The quantitative estimate of drug-likeness (QED) is 0.766. The molecule has 2 fully saturated rings. The number of aryl methyl sites for hydroxylation is 1. The van der Waals surface area contributed by atoms with Gasteiger partial charge < -0.3 is 9.26 Å². The molecule has 2 aliphatic rings. The summed E-state index contributed by atoms with van der Waals surface area (Å²) in [6.45, 7) is 5.40. The third kappa shape index (κ3) is 4.06. The van der Waals surface area contributed by atoms with Crippen LogP contribution in [0.15, 0.2) is 33.7 Å². The van der Waals surface area contributed by atoms with E-state index in [2.05, 4.69) is 15.0 Å². The molecular formula is C18H24N4O4S. The van der Waals surface area contributed by atoms with Crippen molar-refractivity contribution in [1.82, 2.24) is 19.3 Å². The van der Waals surface area contributed by atoms with Crippen LogP contribution in [0.1, 0.15) is 36.2 Å². The Bertz CT molecular complexity index is 867. The van der Waals surface area contributed by atoms with E-state index in [1.165, 1.54) is 0 Å². The summed E-state index contributed by atoms with van der Waals surface area (Å²) in [4.78, 5) is 6.93. The number of benzene rings is 1. The maximum Gasteiger partial charge on any atom is 0.255 e. The van der Waals surface area contributed by atoms with Crippen molar-refractivity contribution in [2.45, 2.75) is 37.3 Å². The molecule has 0 bridgehead atoms. The fraction of sp³-hybridized carbons (Fsp3) is 0.556. The lowest BCUT2D eigenvalue weighted by atomic mass is 10.2. The highest BCUT2D eigenvalue weighted by atomic mass is 32.2. The summed E-state index contributed by atoms with van der Waals surface area (Å²) >= 11 is 0. The molecule has 0 radical (unpaired) electrons. The molecule has 1 aromatic carbocycles. The summed E-state index contributed by atoms with van der Waals surface area (Å²) < 4.78 is 38.0. The summed E-state index contributed by atoms with van der Waals surface area (Å²) in [7, 11) is -3.44. The summed E-state index contributed by atoms with van der Waals surface area (Å²) in [6, 6.07) is 6.99. The fourth-order valence-electron chi connectivity index (χ4n) is 3.42. The third-order valence-electron chi connectivity index (χ3n) is 5.04. The van der Waals surface area contributed by atoms with Gasteiger partial charge in [0, 0.05) is 32.8 Å². The first-order valence-corrected chi connectivity index (χ1v) is 10.7. The van der Waals surface area contributed by atoms with Gasteiger partial charge in [-0.1, -0.05) is 22.9 Å². The maximum atomic E-state index is 12.8. The smallest absolute Gasteiger partial charge is 0.255 e. The van der Waals surface area contributed by atoms with Gasteiger partial charge in [-0.2, -0.15) is 9.29 Å². The second-order valence-electron chi connectivity index (χ2n) is 7.04. The van der Waals surface area contributed by atoms with Crippen LogP contribution in [0.3, 0.4) is 0 Å². The Kier molecular flexibility index (Phi) is 5.27. The zero-order valence-corrected chi connectivity index (χ0v) is 16.2. The van der Waals surface area contributed by atoms with Crippen LogP contribution >= 0.6 is 0 Å². The van der Waals surface area contributed by atoms with Gasteiger partial charge in [-0.3, -0.25) is 4.90 Å². The van der Waals surface area contributed by atoms with Gasteiger partial charge >= 0.3 is 0 Å². The molecule has 146 valence electrons. The van der Waals surface area contributed by atoms with Gasteiger partial charge in [-0.15, -0.1) is 0 Å². The number of nitrogens with zero attached hydrogens (tertiary/aromatic N) is 4. The average Bonchev–Trinajstić information content (AvgIpc) is 3.34. The third-order valence-corrected chi connectivity index (χ3v) is 6.96. The second-order valence-corrected chi connectivity index (χ2v) is 8.98. The number of rotatable bonds is 5. The first-order valence-electron chi connectivity index (χ1n) is 9.25. The van der Waals surface area contributed by atoms with Crippen molar-refractivity contribution in [3.63, 3.8) is 0 Å². The van der Waals surface area contributed by atoms with Crippen molar-refractivity contribution in [3.05, 3.63) is 41.5 Å². The second kappa shape index (κ2) is 7.67. The highest BCUT2D eigenvalue weighted by Crippen LogP contribution is 2.27. The summed E-state index contributed by atoms with van der Waals surface area (Å²) in [5.41, 5.74) is 1.04. The van der Waals surface area contributed by atoms with Crippen molar-refractivity contribution < 1.29 is 17.7 Å². The van der Waals surface area contributed by atoms with Crippen LogP contribution in [0.4, 0.5) is 0 Å². The molecule has 4 rings (SSSR count). The standard InChI is InChI=1S/C18H24N4O4S/c1-14-4-6-15(7-5-14)27(23,24)22-10-8-21(9-11-22)13-17-19-18(26-20-17)16-3-2-12-25-16/h4-7,16H,2-3,8-13H2,1H3. The van der Waals surface area contributed by atoms with Crippen molar-refractivity contribution in [3.8, 4) is 0 Å². The van der Waals surface area contributed by atoms with E-state index >= 15 is 0 Å². The number of sulfonamides is 1. The Morgan fingerprint density at radius 1 is 1.15 bits per heavy atom. The average molecular weight is 392 g/mol. The Hall–Kier alpha value is -1.81. The zero-order chi connectivity index (χ0) is 18.9. The largest absolute Gasteiger partial charge is 0.368 e. The first-order chi connectivity index (χ1) is 13.0. The van der Waals surface area contributed by atoms with Gasteiger partial charge in [0.25, 0.3) is 5.89 Å². The van der Waals surface area contributed by atoms with Crippen molar-refractivity contribution in [2.75, 3.05) is 32.8 Å². The van der Waals surface area contributed by atoms with Gasteiger partial charge in [0.05, 0.1) is 11.4 Å². The highest BCUT2D eigenvalue weighted by Gasteiger charge is 2.29. The van der Waals surface area contributed by atoms with Crippen LogP contribution in [0.25, 0.3) is 0 Å². The van der Waals surface area contributed by atoms with Gasteiger partial charge in [0.2, 0.25) is 10.0 Å². The first kappa shape index (κ1) is 18.5. The minimum atomic E-state index is -3.44. The lowest BCUT2D eigenvalue weighted by molar-refractivity contribution is 0.0835. The molecule has 2 aliphatic heterocycles.